The van der Waals surface area contributed by atoms with E-state index in [9.17, 15) is 4.79 Å². The molecule has 1 fully saturated rings. The summed E-state index contributed by atoms with van der Waals surface area (Å²) >= 11 is 0. The van der Waals surface area contributed by atoms with E-state index in [2.05, 4.69) is 36.4 Å². The first-order valence-corrected chi connectivity index (χ1v) is 9.56. The lowest BCUT2D eigenvalue weighted by Crippen LogP contribution is -2.69. The van der Waals surface area contributed by atoms with Crippen molar-refractivity contribution >= 4 is 11.9 Å². The van der Waals surface area contributed by atoms with Crippen LogP contribution in [0.15, 0.2) is 29.3 Å². The maximum absolute atomic E-state index is 12.0. The molecule has 0 saturated heterocycles. The summed E-state index contributed by atoms with van der Waals surface area (Å²) < 4.78 is 10.9. The zero-order valence-electron chi connectivity index (χ0n) is 18.1. The largest absolute Gasteiger partial charge is 0.497 e. The first kappa shape index (κ1) is 22.0. The van der Waals surface area contributed by atoms with Gasteiger partial charge in [-0.3, -0.25) is 4.79 Å². The molecule has 2 rings (SSSR count). The molecule has 0 spiro atoms. The summed E-state index contributed by atoms with van der Waals surface area (Å²) in [5.74, 6) is 1.44. The Kier molecular flexibility index (Phi) is 6.93. The van der Waals surface area contributed by atoms with E-state index in [0.29, 0.717) is 12.5 Å². The van der Waals surface area contributed by atoms with E-state index in [4.69, 9.17) is 9.47 Å². The highest BCUT2D eigenvalue weighted by atomic mass is 16.5. The second-order valence-electron chi connectivity index (χ2n) is 8.21. The lowest BCUT2D eigenvalue weighted by atomic mass is 9.56. The quantitative estimate of drug-likeness (QED) is 0.550. The Hall–Kier alpha value is -2.28. The third-order valence-electron chi connectivity index (χ3n) is 6.07. The number of methoxy groups -OCH3 is 2. The third kappa shape index (κ3) is 4.76. The Bertz CT molecular complexity index is 700. The molecule has 1 aliphatic rings. The van der Waals surface area contributed by atoms with E-state index >= 15 is 0 Å². The van der Waals surface area contributed by atoms with Gasteiger partial charge in [-0.1, -0.05) is 26.0 Å². The van der Waals surface area contributed by atoms with Crippen molar-refractivity contribution in [3.8, 4) is 5.75 Å². The van der Waals surface area contributed by atoms with Gasteiger partial charge in [0.15, 0.2) is 5.96 Å². The Morgan fingerprint density at radius 2 is 1.86 bits per heavy atom. The summed E-state index contributed by atoms with van der Waals surface area (Å²) in [7, 11) is 6.88. The smallest absolute Gasteiger partial charge is 0.241 e. The fraction of sp³-hybridized carbons (Fsp3) is 0.619. The predicted octanol–water partition coefficient (Wildman–Crippen LogP) is 2.02. The minimum absolute atomic E-state index is 0.00598. The molecule has 0 aromatic heterocycles. The topological polar surface area (TPSA) is 75.2 Å². The van der Waals surface area contributed by atoms with Gasteiger partial charge in [0.1, 0.15) is 5.75 Å². The summed E-state index contributed by atoms with van der Waals surface area (Å²) in [4.78, 5) is 18.2. The van der Waals surface area contributed by atoms with Crippen molar-refractivity contribution < 1.29 is 14.3 Å². The van der Waals surface area contributed by atoms with E-state index < -0.39 is 0 Å². The molecule has 2 atom stereocenters. The fourth-order valence-corrected chi connectivity index (χ4v) is 3.26. The molecule has 1 aromatic carbocycles. The average molecular weight is 391 g/mol. The van der Waals surface area contributed by atoms with Crippen molar-refractivity contribution in [2.24, 2.45) is 10.4 Å². The highest BCUT2D eigenvalue weighted by Crippen LogP contribution is 2.51. The van der Waals surface area contributed by atoms with Crippen molar-refractivity contribution in [3.05, 3.63) is 29.8 Å². The van der Waals surface area contributed by atoms with Gasteiger partial charge in [-0.15, -0.1) is 0 Å². The number of amides is 1. The van der Waals surface area contributed by atoms with Gasteiger partial charge in [0.05, 0.1) is 25.8 Å². The lowest BCUT2D eigenvalue weighted by Gasteiger charge is -2.59. The van der Waals surface area contributed by atoms with Gasteiger partial charge in [0, 0.05) is 32.7 Å². The van der Waals surface area contributed by atoms with E-state index in [1.165, 1.54) is 0 Å². The molecule has 2 N–H and O–H groups in total. The molecule has 1 aromatic rings. The summed E-state index contributed by atoms with van der Waals surface area (Å²) in [6.45, 7) is 7.19. The van der Waals surface area contributed by atoms with E-state index in [0.717, 1.165) is 17.7 Å². The molecule has 1 amide bonds. The number of rotatable bonds is 7. The number of carbonyl (C=O) groups excluding carboxylic acids is 1. The van der Waals surface area contributed by atoms with E-state index in [-0.39, 0.29) is 29.5 Å². The zero-order valence-corrected chi connectivity index (χ0v) is 18.1. The van der Waals surface area contributed by atoms with E-state index in [1.54, 1.807) is 33.2 Å². The summed E-state index contributed by atoms with van der Waals surface area (Å²) in [6, 6.07) is 8.01. The molecule has 2 unspecified atom stereocenters. The molecule has 0 radical (unpaired) electrons. The van der Waals surface area contributed by atoms with Gasteiger partial charge in [0.25, 0.3) is 0 Å². The standard InChI is InChI=1S/C21H34N4O3/c1-20(2)17(12-21(20,3)28-7)24-19(23-14-18(26)25(4)5)22-13-15-8-10-16(27-6)11-9-15/h8-11,17H,12-14H2,1-7H3,(H2,22,23,24). The second-order valence-corrected chi connectivity index (χ2v) is 8.21. The van der Waals surface area contributed by atoms with Crippen molar-refractivity contribution in [1.82, 2.24) is 15.5 Å². The van der Waals surface area contributed by atoms with Gasteiger partial charge in [-0.25, -0.2) is 4.99 Å². The molecule has 1 aliphatic carbocycles. The fourth-order valence-electron chi connectivity index (χ4n) is 3.26. The Balaban J connectivity index is 2.09. The third-order valence-corrected chi connectivity index (χ3v) is 6.07. The van der Waals surface area contributed by atoms with Crippen molar-refractivity contribution in [3.63, 3.8) is 0 Å². The number of ether oxygens (including phenoxy) is 2. The van der Waals surface area contributed by atoms with Crippen LogP contribution < -0.4 is 15.4 Å². The first-order chi connectivity index (χ1) is 13.1. The van der Waals surface area contributed by atoms with Gasteiger partial charge in [0.2, 0.25) is 5.91 Å². The minimum Gasteiger partial charge on any atom is -0.497 e. The molecule has 0 aliphatic heterocycles. The number of nitrogens with zero attached hydrogens (tertiary/aromatic N) is 2. The molecule has 1 saturated carbocycles. The van der Waals surface area contributed by atoms with Gasteiger partial charge < -0.3 is 25.0 Å². The molecule has 28 heavy (non-hydrogen) atoms. The molecule has 0 bridgehead atoms. The van der Waals surface area contributed by atoms with Crippen LogP contribution in [-0.4, -0.2) is 63.3 Å². The van der Waals surface area contributed by atoms with Crippen molar-refractivity contribution in [2.75, 3.05) is 34.9 Å². The van der Waals surface area contributed by atoms with Gasteiger partial charge in [-0.2, -0.15) is 0 Å². The van der Waals surface area contributed by atoms with E-state index in [1.807, 2.05) is 24.3 Å². The number of benzene rings is 1. The number of hydrogen-bond acceptors (Lipinski definition) is 4. The summed E-state index contributed by atoms with van der Waals surface area (Å²) in [6.07, 6.45) is 0.876. The molecule has 7 nitrogen and oxygen atoms in total. The highest BCUT2D eigenvalue weighted by Gasteiger charge is 2.58. The van der Waals surface area contributed by atoms with Crippen LogP contribution in [-0.2, 0) is 16.1 Å². The number of nitrogens with one attached hydrogen (secondary N) is 2. The van der Waals surface area contributed by atoms with Crippen LogP contribution in [0.1, 0.15) is 32.8 Å². The zero-order chi connectivity index (χ0) is 20.9. The van der Waals surface area contributed by atoms with Crippen LogP contribution in [0.25, 0.3) is 0 Å². The van der Waals surface area contributed by atoms with Crippen LogP contribution >= 0.6 is 0 Å². The SMILES string of the molecule is COc1ccc(CN=C(NCC(=O)N(C)C)NC2CC(C)(OC)C2(C)C)cc1. The highest BCUT2D eigenvalue weighted by molar-refractivity contribution is 5.86. The molecule has 0 heterocycles. The molecular weight excluding hydrogens is 356 g/mol. The number of aliphatic imine (C=N–C) groups is 1. The summed E-state index contributed by atoms with van der Waals surface area (Å²) in [5, 5.41) is 6.64. The van der Waals surface area contributed by atoms with Crippen LogP contribution in [0.3, 0.4) is 0 Å². The molecule has 7 heteroatoms. The lowest BCUT2D eigenvalue weighted by molar-refractivity contribution is -0.176. The van der Waals surface area contributed by atoms with Crippen LogP contribution in [0, 0.1) is 5.41 Å². The minimum atomic E-state index is -0.175. The van der Waals surface area contributed by atoms with Crippen molar-refractivity contribution in [1.29, 1.82) is 0 Å². The first-order valence-electron chi connectivity index (χ1n) is 9.56. The van der Waals surface area contributed by atoms with Crippen molar-refractivity contribution in [2.45, 2.75) is 45.4 Å². The van der Waals surface area contributed by atoms with Crippen LogP contribution in [0.5, 0.6) is 5.75 Å². The van der Waals surface area contributed by atoms with Crippen LogP contribution in [0.4, 0.5) is 0 Å². The summed E-state index contributed by atoms with van der Waals surface area (Å²) in [5.41, 5.74) is 0.830. The second kappa shape index (κ2) is 8.82. The normalized spacial score (nSPS) is 23.5. The Morgan fingerprint density at radius 1 is 1.21 bits per heavy atom. The number of carbonyl (C=O) groups is 1. The van der Waals surface area contributed by atoms with Gasteiger partial charge >= 0.3 is 0 Å². The average Bonchev–Trinajstić information content (AvgIpc) is 2.68. The molecule has 156 valence electrons. The molecular formula is C21H34N4O3. The monoisotopic (exact) mass is 390 g/mol. The number of guanidine groups is 1. The Labute approximate surface area is 168 Å². The number of hydrogen-bond donors (Lipinski definition) is 2. The maximum atomic E-state index is 12.0. The maximum Gasteiger partial charge on any atom is 0.241 e. The Morgan fingerprint density at radius 3 is 2.36 bits per heavy atom. The van der Waals surface area contributed by atoms with Crippen LogP contribution in [0.2, 0.25) is 0 Å². The number of likely N-dealkylation sites (N-methyl/N-ethyl adjacent to an activating group) is 1. The predicted molar refractivity (Wildman–Crippen MR) is 112 cm³/mol. The van der Waals surface area contributed by atoms with Gasteiger partial charge in [-0.05, 0) is 31.0 Å².